The zero-order valence-electron chi connectivity index (χ0n) is 10.2. The summed E-state index contributed by atoms with van der Waals surface area (Å²) in [7, 11) is 0. The first-order valence-electron chi connectivity index (χ1n) is 5.89. The van der Waals surface area contributed by atoms with Crippen LogP contribution >= 0.6 is 0 Å². The van der Waals surface area contributed by atoms with Crippen LogP contribution in [-0.4, -0.2) is 6.54 Å². The molecule has 1 saturated heterocycles. The SMILES string of the molecule is Cc1cc(C)c(C2CC(C)CN2)cc1C. The second-order valence-electron chi connectivity index (χ2n) is 5.09. The Morgan fingerprint density at radius 3 is 2.33 bits per heavy atom. The molecular weight excluding hydrogens is 182 g/mol. The van der Waals surface area contributed by atoms with Crippen molar-refractivity contribution in [2.24, 2.45) is 5.92 Å². The van der Waals surface area contributed by atoms with E-state index in [1.54, 1.807) is 0 Å². The van der Waals surface area contributed by atoms with Crippen LogP contribution in [0.15, 0.2) is 12.1 Å². The minimum atomic E-state index is 0.583. The Bertz CT molecular complexity index is 368. The van der Waals surface area contributed by atoms with E-state index >= 15 is 0 Å². The topological polar surface area (TPSA) is 12.0 Å². The fourth-order valence-corrected chi connectivity index (χ4v) is 2.51. The van der Waals surface area contributed by atoms with Crippen LogP contribution in [0.3, 0.4) is 0 Å². The van der Waals surface area contributed by atoms with Crippen molar-refractivity contribution in [3.8, 4) is 0 Å². The van der Waals surface area contributed by atoms with Gasteiger partial charge >= 0.3 is 0 Å². The van der Waals surface area contributed by atoms with E-state index in [1.165, 1.54) is 28.7 Å². The Kier molecular flexibility index (Phi) is 2.83. The molecular formula is C14H21N. The fraction of sp³-hybridized carbons (Fsp3) is 0.571. The molecule has 1 nitrogen and oxygen atoms in total. The van der Waals surface area contributed by atoms with Gasteiger partial charge in [-0.25, -0.2) is 0 Å². The maximum atomic E-state index is 3.61. The molecule has 2 unspecified atom stereocenters. The van der Waals surface area contributed by atoms with Crippen molar-refractivity contribution in [3.05, 3.63) is 34.4 Å². The third-order valence-electron chi connectivity index (χ3n) is 3.61. The molecule has 2 rings (SSSR count). The predicted molar refractivity (Wildman–Crippen MR) is 65.2 cm³/mol. The number of hydrogen-bond donors (Lipinski definition) is 1. The van der Waals surface area contributed by atoms with Crippen LogP contribution < -0.4 is 5.32 Å². The lowest BCUT2D eigenvalue weighted by Gasteiger charge is -2.16. The predicted octanol–water partition coefficient (Wildman–Crippen LogP) is 3.28. The van der Waals surface area contributed by atoms with Crippen LogP contribution in [0.25, 0.3) is 0 Å². The zero-order valence-corrected chi connectivity index (χ0v) is 10.2. The van der Waals surface area contributed by atoms with Gasteiger partial charge in [-0.3, -0.25) is 0 Å². The van der Waals surface area contributed by atoms with Crippen LogP contribution in [-0.2, 0) is 0 Å². The average Bonchev–Trinajstić information content (AvgIpc) is 2.58. The average molecular weight is 203 g/mol. The number of rotatable bonds is 1. The first-order chi connectivity index (χ1) is 7.08. The van der Waals surface area contributed by atoms with Gasteiger partial charge in [-0.15, -0.1) is 0 Å². The summed E-state index contributed by atoms with van der Waals surface area (Å²) in [6, 6.07) is 5.26. The van der Waals surface area contributed by atoms with Crippen LogP contribution in [0.4, 0.5) is 0 Å². The number of benzene rings is 1. The molecule has 1 aliphatic heterocycles. The Labute approximate surface area is 92.9 Å². The summed E-state index contributed by atoms with van der Waals surface area (Å²) < 4.78 is 0. The van der Waals surface area contributed by atoms with Gasteiger partial charge < -0.3 is 5.32 Å². The molecule has 15 heavy (non-hydrogen) atoms. The maximum Gasteiger partial charge on any atom is 0.0326 e. The molecule has 1 heterocycles. The van der Waals surface area contributed by atoms with E-state index < -0.39 is 0 Å². The third kappa shape index (κ3) is 2.07. The molecule has 82 valence electrons. The quantitative estimate of drug-likeness (QED) is 0.738. The van der Waals surface area contributed by atoms with Crippen LogP contribution in [0, 0.1) is 26.7 Å². The Balaban J connectivity index is 2.32. The van der Waals surface area contributed by atoms with Gasteiger partial charge in [0.1, 0.15) is 0 Å². The number of hydrogen-bond acceptors (Lipinski definition) is 1. The smallest absolute Gasteiger partial charge is 0.0326 e. The highest BCUT2D eigenvalue weighted by atomic mass is 14.9. The Hall–Kier alpha value is -0.820. The molecule has 2 atom stereocenters. The minimum Gasteiger partial charge on any atom is -0.310 e. The zero-order chi connectivity index (χ0) is 11.0. The Morgan fingerprint density at radius 2 is 1.73 bits per heavy atom. The van der Waals surface area contributed by atoms with Gasteiger partial charge in [-0.05, 0) is 61.9 Å². The fourth-order valence-electron chi connectivity index (χ4n) is 2.51. The van der Waals surface area contributed by atoms with Crippen molar-refractivity contribution in [2.75, 3.05) is 6.54 Å². The lowest BCUT2D eigenvalue weighted by molar-refractivity contribution is 0.609. The van der Waals surface area contributed by atoms with E-state index in [4.69, 9.17) is 0 Å². The normalized spacial score (nSPS) is 25.9. The monoisotopic (exact) mass is 203 g/mol. The van der Waals surface area contributed by atoms with E-state index in [0.717, 1.165) is 12.5 Å². The van der Waals surface area contributed by atoms with Crippen LogP contribution in [0.2, 0.25) is 0 Å². The van der Waals surface area contributed by atoms with Gasteiger partial charge in [-0.2, -0.15) is 0 Å². The molecule has 0 radical (unpaired) electrons. The van der Waals surface area contributed by atoms with E-state index in [2.05, 4.69) is 45.1 Å². The van der Waals surface area contributed by atoms with E-state index in [0.29, 0.717) is 6.04 Å². The van der Waals surface area contributed by atoms with Gasteiger partial charge in [0.05, 0.1) is 0 Å². The molecule has 0 aromatic heterocycles. The van der Waals surface area contributed by atoms with Gasteiger partial charge in [0.2, 0.25) is 0 Å². The second kappa shape index (κ2) is 3.97. The summed E-state index contributed by atoms with van der Waals surface area (Å²) in [5.41, 5.74) is 5.76. The van der Waals surface area contributed by atoms with Crippen LogP contribution in [0.5, 0.6) is 0 Å². The third-order valence-corrected chi connectivity index (χ3v) is 3.61. The van der Waals surface area contributed by atoms with Gasteiger partial charge in [-0.1, -0.05) is 19.1 Å². The standard InChI is InChI=1S/C14H21N/c1-9-5-14(15-8-9)13-7-11(3)10(2)6-12(13)4/h6-7,9,14-15H,5,8H2,1-4H3. The molecule has 1 N–H and O–H groups in total. The molecule has 1 aliphatic rings. The van der Waals surface area contributed by atoms with Gasteiger partial charge in [0.15, 0.2) is 0 Å². The van der Waals surface area contributed by atoms with Crippen molar-refractivity contribution in [3.63, 3.8) is 0 Å². The largest absolute Gasteiger partial charge is 0.310 e. The lowest BCUT2D eigenvalue weighted by atomic mass is 9.93. The molecule has 1 aromatic rings. The Morgan fingerprint density at radius 1 is 1.07 bits per heavy atom. The first kappa shape index (κ1) is 10.7. The maximum absolute atomic E-state index is 3.61. The van der Waals surface area contributed by atoms with Crippen molar-refractivity contribution in [1.29, 1.82) is 0 Å². The van der Waals surface area contributed by atoms with Gasteiger partial charge in [0.25, 0.3) is 0 Å². The molecule has 1 heteroatoms. The molecule has 0 saturated carbocycles. The van der Waals surface area contributed by atoms with Crippen molar-refractivity contribution in [2.45, 2.75) is 40.2 Å². The van der Waals surface area contributed by atoms with Crippen molar-refractivity contribution < 1.29 is 0 Å². The lowest BCUT2D eigenvalue weighted by Crippen LogP contribution is -2.14. The minimum absolute atomic E-state index is 0.583. The highest BCUT2D eigenvalue weighted by Crippen LogP contribution is 2.30. The molecule has 0 amide bonds. The van der Waals surface area contributed by atoms with Crippen LogP contribution in [0.1, 0.15) is 41.6 Å². The van der Waals surface area contributed by atoms with E-state index in [-0.39, 0.29) is 0 Å². The summed E-state index contributed by atoms with van der Waals surface area (Å²) in [6.45, 7) is 10.1. The van der Waals surface area contributed by atoms with Gasteiger partial charge in [0, 0.05) is 6.04 Å². The summed E-state index contributed by atoms with van der Waals surface area (Å²) in [6.07, 6.45) is 1.28. The van der Waals surface area contributed by atoms with E-state index in [1.807, 2.05) is 0 Å². The first-order valence-corrected chi connectivity index (χ1v) is 5.89. The van der Waals surface area contributed by atoms with Crippen molar-refractivity contribution in [1.82, 2.24) is 5.32 Å². The summed E-state index contributed by atoms with van der Waals surface area (Å²) in [5, 5.41) is 3.61. The number of aryl methyl sites for hydroxylation is 3. The van der Waals surface area contributed by atoms with Crippen molar-refractivity contribution >= 4 is 0 Å². The van der Waals surface area contributed by atoms with E-state index in [9.17, 15) is 0 Å². The highest BCUT2D eigenvalue weighted by Gasteiger charge is 2.23. The number of nitrogens with one attached hydrogen (secondary N) is 1. The molecule has 0 bridgehead atoms. The highest BCUT2D eigenvalue weighted by molar-refractivity contribution is 5.38. The molecule has 1 aromatic carbocycles. The molecule has 1 fully saturated rings. The molecule has 0 aliphatic carbocycles. The summed E-state index contributed by atoms with van der Waals surface area (Å²) >= 11 is 0. The summed E-state index contributed by atoms with van der Waals surface area (Å²) in [5.74, 6) is 0.816. The summed E-state index contributed by atoms with van der Waals surface area (Å²) in [4.78, 5) is 0. The second-order valence-corrected chi connectivity index (χ2v) is 5.09. The molecule has 0 spiro atoms.